The van der Waals surface area contributed by atoms with Crippen LogP contribution >= 0.6 is 0 Å². The zero-order valence-corrected chi connectivity index (χ0v) is 10.9. The summed E-state index contributed by atoms with van der Waals surface area (Å²) in [6.07, 6.45) is 3.58. The minimum Gasteiger partial charge on any atom is -0.397 e. The second-order valence-corrected chi connectivity index (χ2v) is 5.00. The highest BCUT2D eigenvalue weighted by Gasteiger charge is 2.26. The van der Waals surface area contributed by atoms with Crippen molar-refractivity contribution in [3.05, 3.63) is 23.8 Å². The molecular formula is C14H21N3O. The molecule has 4 heteroatoms. The summed E-state index contributed by atoms with van der Waals surface area (Å²) in [4.78, 5) is 13.7. The number of para-hydroxylation sites is 1. The van der Waals surface area contributed by atoms with E-state index in [2.05, 4.69) is 11.8 Å². The molecule has 0 aliphatic heterocycles. The molecule has 0 saturated heterocycles. The van der Waals surface area contributed by atoms with Crippen molar-refractivity contribution in [2.45, 2.75) is 26.2 Å². The van der Waals surface area contributed by atoms with Crippen LogP contribution in [0.2, 0.25) is 0 Å². The van der Waals surface area contributed by atoms with Gasteiger partial charge in [0.05, 0.1) is 16.9 Å². The molecule has 0 atom stereocenters. The van der Waals surface area contributed by atoms with Gasteiger partial charge in [-0.2, -0.15) is 0 Å². The SMILES string of the molecule is CCCN(CC1CC1)c1c(N)cccc1C(N)=O. The quantitative estimate of drug-likeness (QED) is 0.755. The fraction of sp³-hybridized carbons (Fsp3) is 0.500. The van der Waals surface area contributed by atoms with Crippen LogP contribution in [0, 0.1) is 5.92 Å². The fourth-order valence-electron chi connectivity index (χ4n) is 2.29. The van der Waals surface area contributed by atoms with Gasteiger partial charge in [-0.05, 0) is 37.3 Å². The van der Waals surface area contributed by atoms with Gasteiger partial charge in [0.15, 0.2) is 0 Å². The maximum absolute atomic E-state index is 11.5. The molecule has 98 valence electrons. The van der Waals surface area contributed by atoms with Crippen molar-refractivity contribution in [2.24, 2.45) is 11.7 Å². The number of benzene rings is 1. The molecule has 1 aromatic rings. The maximum atomic E-state index is 11.5. The summed E-state index contributed by atoms with van der Waals surface area (Å²) in [6.45, 7) is 4.01. The van der Waals surface area contributed by atoms with E-state index in [1.165, 1.54) is 12.8 Å². The average molecular weight is 247 g/mol. The molecule has 0 unspecified atom stereocenters. The summed E-state index contributed by atoms with van der Waals surface area (Å²) < 4.78 is 0. The van der Waals surface area contributed by atoms with Gasteiger partial charge >= 0.3 is 0 Å². The smallest absolute Gasteiger partial charge is 0.250 e. The Kier molecular flexibility index (Phi) is 3.75. The molecule has 2 rings (SSSR count). The van der Waals surface area contributed by atoms with Crippen molar-refractivity contribution in [1.82, 2.24) is 0 Å². The van der Waals surface area contributed by atoms with E-state index in [0.717, 1.165) is 31.1 Å². The van der Waals surface area contributed by atoms with Crippen LogP contribution in [0.25, 0.3) is 0 Å². The highest BCUT2D eigenvalue weighted by Crippen LogP contribution is 2.34. The summed E-state index contributed by atoms with van der Waals surface area (Å²) in [5.74, 6) is 0.339. The van der Waals surface area contributed by atoms with Gasteiger partial charge in [-0.15, -0.1) is 0 Å². The normalized spacial score (nSPS) is 14.5. The molecule has 0 aromatic heterocycles. The monoisotopic (exact) mass is 247 g/mol. The van der Waals surface area contributed by atoms with Crippen LogP contribution in [0.4, 0.5) is 11.4 Å². The number of hydrogen-bond donors (Lipinski definition) is 2. The number of nitrogens with two attached hydrogens (primary N) is 2. The first-order valence-electron chi connectivity index (χ1n) is 6.56. The number of nitrogens with zero attached hydrogens (tertiary/aromatic N) is 1. The van der Waals surface area contributed by atoms with Gasteiger partial charge in [0.1, 0.15) is 0 Å². The number of primary amides is 1. The lowest BCUT2D eigenvalue weighted by atomic mass is 10.1. The molecule has 4 N–H and O–H groups in total. The van der Waals surface area contributed by atoms with Crippen molar-refractivity contribution in [3.8, 4) is 0 Å². The Hall–Kier alpha value is -1.71. The van der Waals surface area contributed by atoms with Gasteiger partial charge in [-0.25, -0.2) is 0 Å². The van der Waals surface area contributed by atoms with Crippen LogP contribution in [0.1, 0.15) is 36.5 Å². The number of rotatable bonds is 6. The number of carbonyl (C=O) groups is 1. The van der Waals surface area contributed by atoms with Crippen LogP contribution in [0.3, 0.4) is 0 Å². The van der Waals surface area contributed by atoms with Gasteiger partial charge in [-0.1, -0.05) is 13.0 Å². The lowest BCUT2D eigenvalue weighted by Crippen LogP contribution is -2.30. The van der Waals surface area contributed by atoms with Gasteiger partial charge < -0.3 is 16.4 Å². The van der Waals surface area contributed by atoms with Gasteiger partial charge in [0.25, 0.3) is 5.91 Å². The number of carbonyl (C=O) groups excluding carboxylic acids is 1. The minimum atomic E-state index is -0.408. The summed E-state index contributed by atoms with van der Waals surface area (Å²) in [5.41, 5.74) is 13.5. The molecule has 1 fully saturated rings. The molecule has 18 heavy (non-hydrogen) atoms. The Balaban J connectivity index is 2.34. The average Bonchev–Trinajstić information content (AvgIpc) is 3.12. The molecule has 0 bridgehead atoms. The lowest BCUT2D eigenvalue weighted by molar-refractivity contribution is 0.100. The standard InChI is InChI=1S/C14H21N3O/c1-2-8-17(9-10-6-7-10)13-11(14(16)18)4-3-5-12(13)15/h3-5,10H,2,6-9,15H2,1H3,(H2,16,18). The van der Waals surface area contributed by atoms with E-state index in [1.807, 2.05) is 6.07 Å². The van der Waals surface area contributed by atoms with Crippen molar-refractivity contribution in [3.63, 3.8) is 0 Å². The number of amides is 1. The van der Waals surface area contributed by atoms with Gasteiger partial charge in [-0.3, -0.25) is 4.79 Å². The van der Waals surface area contributed by atoms with E-state index in [1.54, 1.807) is 12.1 Å². The van der Waals surface area contributed by atoms with E-state index >= 15 is 0 Å². The first-order chi connectivity index (χ1) is 8.63. The lowest BCUT2D eigenvalue weighted by Gasteiger charge is -2.27. The minimum absolute atomic E-state index is 0.408. The predicted molar refractivity (Wildman–Crippen MR) is 74.6 cm³/mol. The molecule has 0 spiro atoms. The Morgan fingerprint density at radius 2 is 2.17 bits per heavy atom. The third-order valence-corrected chi connectivity index (χ3v) is 3.32. The van der Waals surface area contributed by atoms with Gasteiger partial charge in [0.2, 0.25) is 0 Å². The third-order valence-electron chi connectivity index (χ3n) is 3.32. The summed E-state index contributed by atoms with van der Waals surface area (Å²) in [6, 6.07) is 5.36. The van der Waals surface area contributed by atoms with Crippen molar-refractivity contribution < 1.29 is 4.79 Å². The van der Waals surface area contributed by atoms with E-state index in [4.69, 9.17) is 11.5 Å². The van der Waals surface area contributed by atoms with Crippen LogP contribution in [-0.4, -0.2) is 19.0 Å². The van der Waals surface area contributed by atoms with Crippen LogP contribution in [-0.2, 0) is 0 Å². The van der Waals surface area contributed by atoms with Crippen LogP contribution in [0.15, 0.2) is 18.2 Å². The molecule has 1 aromatic carbocycles. The van der Waals surface area contributed by atoms with Crippen LogP contribution in [0.5, 0.6) is 0 Å². The first kappa shape index (κ1) is 12.7. The molecule has 0 radical (unpaired) electrons. The Morgan fingerprint density at radius 1 is 1.44 bits per heavy atom. The highest BCUT2D eigenvalue weighted by molar-refractivity contribution is 6.01. The molecule has 4 nitrogen and oxygen atoms in total. The molecule has 1 aliphatic rings. The summed E-state index contributed by atoms with van der Waals surface area (Å²) in [5, 5.41) is 0. The predicted octanol–water partition coefficient (Wildman–Crippen LogP) is 1.99. The molecular weight excluding hydrogens is 226 g/mol. The first-order valence-corrected chi connectivity index (χ1v) is 6.56. The Bertz CT molecular complexity index is 441. The molecule has 0 heterocycles. The fourth-order valence-corrected chi connectivity index (χ4v) is 2.29. The van der Waals surface area contributed by atoms with E-state index in [9.17, 15) is 4.79 Å². The number of hydrogen-bond acceptors (Lipinski definition) is 3. The topological polar surface area (TPSA) is 72.3 Å². The van der Waals surface area contributed by atoms with Crippen molar-refractivity contribution in [2.75, 3.05) is 23.7 Å². The van der Waals surface area contributed by atoms with Crippen molar-refractivity contribution >= 4 is 17.3 Å². The maximum Gasteiger partial charge on any atom is 0.250 e. The van der Waals surface area contributed by atoms with Crippen LogP contribution < -0.4 is 16.4 Å². The Labute approximate surface area is 108 Å². The zero-order chi connectivity index (χ0) is 13.1. The van der Waals surface area contributed by atoms with E-state index in [-0.39, 0.29) is 0 Å². The summed E-state index contributed by atoms with van der Waals surface area (Å²) >= 11 is 0. The largest absolute Gasteiger partial charge is 0.397 e. The van der Waals surface area contributed by atoms with Gasteiger partial charge in [0, 0.05) is 13.1 Å². The third kappa shape index (κ3) is 2.75. The Morgan fingerprint density at radius 3 is 2.72 bits per heavy atom. The molecule has 1 amide bonds. The van der Waals surface area contributed by atoms with E-state index in [0.29, 0.717) is 11.3 Å². The second kappa shape index (κ2) is 5.29. The number of nitrogen functional groups attached to an aromatic ring is 1. The summed E-state index contributed by atoms with van der Waals surface area (Å²) in [7, 11) is 0. The second-order valence-electron chi connectivity index (χ2n) is 5.00. The zero-order valence-electron chi connectivity index (χ0n) is 10.9. The number of anilines is 2. The molecule has 1 aliphatic carbocycles. The van der Waals surface area contributed by atoms with E-state index < -0.39 is 5.91 Å². The highest BCUT2D eigenvalue weighted by atomic mass is 16.1. The molecule has 1 saturated carbocycles. The van der Waals surface area contributed by atoms with Crippen molar-refractivity contribution in [1.29, 1.82) is 0 Å².